The van der Waals surface area contributed by atoms with E-state index < -0.39 is 17.4 Å². The number of aliphatic hydroxyl groups is 1. The number of aliphatic hydroxyl groups excluding tert-OH is 1. The SMILES string of the molecule is CNCCCNCc1cc(C(F)(F)F)c2cn(-c3cccc(CO)c3)c(=O)n2c1. The lowest BCUT2D eigenvalue weighted by atomic mass is 10.1. The number of pyridine rings is 1. The average Bonchev–Trinajstić information content (AvgIpc) is 3.03. The van der Waals surface area contributed by atoms with Gasteiger partial charge in [0.05, 0.1) is 23.4 Å². The zero-order valence-electron chi connectivity index (χ0n) is 16.0. The molecule has 2 aromatic heterocycles. The number of hydrogen-bond acceptors (Lipinski definition) is 4. The summed E-state index contributed by atoms with van der Waals surface area (Å²) < 4.78 is 43.2. The Kier molecular flexibility index (Phi) is 6.41. The van der Waals surface area contributed by atoms with Crippen LogP contribution in [0.25, 0.3) is 11.2 Å². The van der Waals surface area contributed by atoms with Crippen molar-refractivity contribution in [3.05, 3.63) is 69.9 Å². The van der Waals surface area contributed by atoms with Gasteiger partial charge in [-0.2, -0.15) is 13.2 Å². The molecule has 3 aromatic rings. The molecule has 156 valence electrons. The van der Waals surface area contributed by atoms with Gasteiger partial charge < -0.3 is 15.7 Å². The summed E-state index contributed by atoms with van der Waals surface area (Å²) in [5, 5.41) is 15.4. The fraction of sp³-hybridized carbons (Fsp3) is 0.350. The summed E-state index contributed by atoms with van der Waals surface area (Å²) in [5.41, 5.74) is -0.342. The maximum atomic E-state index is 13.7. The van der Waals surface area contributed by atoms with Crippen LogP contribution in [0.1, 0.15) is 23.1 Å². The summed E-state index contributed by atoms with van der Waals surface area (Å²) in [6, 6.07) is 7.56. The van der Waals surface area contributed by atoms with Gasteiger partial charge in [-0.1, -0.05) is 12.1 Å². The number of nitrogens with one attached hydrogen (secondary N) is 2. The second-order valence-corrected chi connectivity index (χ2v) is 6.76. The first-order valence-corrected chi connectivity index (χ1v) is 9.24. The predicted octanol–water partition coefficient (Wildman–Crippen LogP) is 2.30. The van der Waals surface area contributed by atoms with Crippen molar-refractivity contribution in [2.45, 2.75) is 25.7 Å². The minimum Gasteiger partial charge on any atom is -0.392 e. The Morgan fingerprint density at radius 3 is 2.59 bits per heavy atom. The number of hydrogen-bond donors (Lipinski definition) is 3. The van der Waals surface area contributed by atoms with Crippen molar-refractivity contribution in [1.82, 2.24) is 19.6 Å². The van der Waals surface area contributed by atoms with Crippen LogP contribution in [0.2, 0.25) is 0 Å². The van der Waals surface area contributed by atoms with Gasteiger partial charge in [-0.3, -0.25) is 8.97 Å². The Morgan fingerprint density at radius 2 is 1.90 bits per heavy atom. The minimum atomic E-state index is -4.60. The van der Waals surface area contributed by atoms with Crippen molar-refractivity contribution in [3.8, 4) is 5.69 Å². The van der Waals surface area contributed by atoms with Crippen molar-refractivity contribution in [3.63, 3.8) is 0 Å². The predicted molar refractivity (Wildman–Crippen MR) is 104 cm³/mol. The van der Waals surface area contributed by atoms with Gasteiger partial charge >= 0.3 is 11.9 Å². The summed E-state index contributed by atoms with van der Waals surface area (Å²) in [5.74, 6) is 0. The second-order valence-electron chi connectivity index (χ2n) is 6.76. The number of alkyl halides is 3. The van der Waals surface area contributed by atoms with E-state index >= 15 is 0 Å². The molecule has 0 unspecified atom stereocenters. The number of imidazole rings is 1. The molecule has 1 aromatic carbocycles. The number of rotatable bonds is 8. The van der Waals surface area contributed by atoms with Crippen LogP contribution >= 0.6 is 0 Å². The fourth-order valence-corrected chi connectivity index (χ4v) is 3.18. The maximum absolute atomic E-state index is 13.7. The summed E-state index contributed by atoms with van der Waals surface area (Å²) in [6.07, 6.45) is -1.14. The highest BCUT2D eigenvalue weighted by Gasteiger charge is 2.34. The van der Waals surface area contributed by atoms with Crippen LogP contribution in [0.3, 0.4) is 0 Å². The van der Waals surface area contributed by atoms with E-state index in [0.29, 0.717) is 23.4 Å². The van der Waals surface area contributed by atoms with E-state index in [1.807, 2.05) is 7.05 Å². The third-order valence-corrected chi connectivity index (χ3v) is 4.61. The first-order valence-electron chi connectivity index (χ1n) is 9.24. The molecule has 3 N–H and O–H groups in total. The van der Waals surface area contributed by atoms with Gasteiger partial charge in [-0.25, -0.2) is 4.79 Å². The topological polar surface area (TPSA) is 70.7 Å². The highest BCUT2D eigenvalue weighted by Crippen LogP contribution is 2.33. The van der Waals surface area contributed by atoms with Crippen LogP contribution in [0.4, 0.5) is 13.2 Å². The molecule has 0 amide bonds. The van der Waals surface area contributed by atoms with Crippen LogP contribution in [-0.2, 0) is 19.3 Å². The molecule has 0 aliphatic rings. The molecule has 29 heavy (non-hydrogen) atoms. The molecule has 0 saturated heterocycles. The number of benzene rings is 1. The third-order valence-electron chi connectivity index (χ3n) is 4.61. The van der Waals surface area contributed by atoms with E-state index in [1.54, 1.807) is 24.3 Å². The molecule has 2 heterocycles. The quantitative estimate of drug-likeness (QED) is 0.501. The Bertz CT molecular complexity index is 1040. The van der Waals surface area contributed by atoms with E-state index in [1.165, 1.54) is 12.4 Å². The third kappa shape index (κ3) is 4.69. The molecular weight excluding hydrogens is 385 g/mol. The van der Waals surface area contributed by atoms with Gasteiger partial charge in [0.15, 0.2) is 0 Å². The second kappa shape index (κ2) is 8.81. The molecule has 0 bridgehead atoms. The van der Waals surface area contributed by atoms with Gasteiger partial charge in [0.2, 0.25) is 0 Å². The number of halogens is 3. The van der Waals surface area contributed by atoms with E-state index in [2.05, 4.69) is 10.6 Å². The summed E-state index contributed by atoms with van der Waals surface area (Å²) in [7, 11) is 1.83. The van der Waals surface area contributed by atoms with Gasteiger partial charge in [0, 0.05) is 18.9 Å². The lowest BCUT2D eigenvalue weighted by molar-refractivity contribution is -0.136. The molecular formula is C20H23F3N4O2. The average molecular weight is 408 g/mol. The van der Waals surface area contributed by atoms with Crippen molar-refractivity contribution < 1.29 is 18.3 Å². The number of fused-ring (bicyclic) bond motifs is 1. The minimum absolute atomic E-state index is 0.212. The monoisotopic (exact) mass is 408 g/mol. The Hall–Kier alpha value is -2.62. The smallest absolute Gasteiger partial charge is 0.392 e. The van der Waals surface area contributed by atoms with Crippen LogP contribution in [0, 0.1) is 0 Å². The molecule has 0 atom stereocenters. The van der Waals surface area contributed by atoms with Crippen molar-refractivity contribution in [2.75, 3.05) is 20.1 Å². The lowest BCUT2D eigenvalue weighted by Crippen LogP contribution is -2.22. The van der Waals surface area contributed by atoms with E-state index in [0.717, 1.165) is 28.0 Å². The zero-order chi connectivity index (χ0) is 21.0. The zero-order valence-corrected chi connectivity index (χ0v) is 16.0. The van der Waals surface area contributed by atoms with Crippen molar-refractivity contribution in [2.24, 2.45) is 0 Å². The Morgan fingerprint density at radius 1 is 1.10 bits per heavy atom. The van der Waals surface area contributed by atoms with Crippen LogP contribution in [0.5, 0.6) is 0 Å². The first-order chi connectivity index (χ1) is 13.8. The highest BCUT2D eigenvalue weighted by atomic mass is 19.4. The van der Waals surface area contributed by atoms with Crippen LogP contribution in [0.15, 0.2) is 47.5 Å². The maximum Gasteiger partial charge on any atom is 0.418 e. The molecule has 0 saturated carbocycles. The molecule has 9 heteroatoms. The molecule has 0 fully saturated rings. The van der Waals surface area contributed by atoms with Crippen molar-refractivity contribution in [1.29, 1.82) is 0 Å². The Balaban J connectivity index is 2.04. The van der Waals surface area contributed by atoms with Crippen LogP contribution < -0.4 is 16.3 Å². The van der Waals surface area contributed by atoms with Gasteiger partial charge in [0.25, 0.3) is 0 Å². The highest BCUT2D eigenvalue weighted by molar-refractivity contribution is 5.58. The van der Waals surface area contributed by atoms with Crippen LogP contribution in [-0.4, -0.2) is 34.2 Å². The normalized spacial score (nSPS) is 12.0. The number of nitrogens with zero attached hydrogens (tertiary/aromatic N) is 2. The Labute approximate surface area is 165 Å². The molecule has 0 radical (unpaired) electrons. The largest absolute Gasteiger partial charge is 0.418 e. The van der Waals surface area contributed by atoms with Gasteiger partial charge in [0.1, 0.15) is 0 Å². The lowest BCUT2D eigenvalue weighted by Gasteiger charge is -2.12. The number of aromatic nitrogens is 2. The fourth-order valence-electron chi connectivity index (χ4n) is 3.18. The molecule has 0 aliphatic carbocycles. The molecule has 0 spiro atoms. The standard InChI is InChI=1S/C20H23F3N4O2/c1-24-6-3-7-25-10-15-9-17(20(21,22)23)18-12-26(19(29)27(18)11-15)16-5-2-4-14(8-16)13-28/h2,4-5,8-9,11-12,24-25,28H,3,6-7,10,13H2,1H3. The summed E-state index contributed by atoms with van der Waals surface area (Å²) in [4.78, 5) is 12.8. The molecule has 6 nitrogen and oxygen atoms in total. The summed E-state index contributed by atoms with van der Waals surface area (Å²) >= 11 is 0. The van der Waals surface area contributed by atoms with E-state index in [9.17, 15) is 23.1 Å². The molecule has 0 aliphatic heterocycles. The van der Waals surface area contributed by atoms with Gasteiger partial charge in [-0.15, -0.1) is 0 Å². The van der Waals surface area contributed by atoms with E-state index in [-0.39, 0.29) is 18.7 Å². The van der Waals surface area contributed by atoms with E-state index in [4.69, 9.17) is 0 Å². The first kappa shape index (κ1) is 21.1. The van der Waals surface area contributed by atoms with Gasteiger partial charge in [-0.05, 0) is 55.9 Å². The molecule has 3 rings (SSSR count). The summed E-state index contributed by atoms with van der Waals surface area (Å²) in [6.45, 7) is 1.44. The van der Waals surface area contributed by atoms with Crippen molar-refractivity contribution >= 4 is 5.52 Å².